The van der Waals surface area contributed by atoms with Gasteiger partial charge in [-0.15, -0.1) is 11.8 Å². The molecule has 1 aromatic rings. The second-order valence-electron chi connectivity index (χ2n) is 6.07. The van der Waals surface area contributed by atoms with E-state index in [9.17, 15) is 14.0 Å². The quantitative estimate of drug-likeness (QED) is 0.827. The fourth-order valence-corrected chi connectivity index (χ4v) is 4.10. The summed E-state index contributed by atoms with van der Waals surface area (Å²) < 4.78 is 13.1. The molecule has 2 aliphatic heterocycles. The number of likely N-dealkylation sites (N-methyl/N-ethyl adjacent to an activating group) is 1. The third-order valence-electron chi connectivity index (χ3n) is 4.40. The molecule has 124 valence electrons. The van der Waals surface area contributed by atoms with Crippen molar-refractivity contribution in [1.82, 2.24) is 9.80 Å². The van der Waals surface area contributed by atoms with Crippen molar-refractivity contribution in [2.24, 2.45) is 0 Å². The summed E-state index contributed by atoms with van der Waals surface area (Å²) in [6.07, 6.45) is 0. The van der Waals surface area contributed by atoms with Crippen LogP contribution in [0.1, 0.15) is 10.9 Å². The summed E-state index contributed by atoms with van der Waals surface area (Å²) in [6.45, 7) is 3.46. The van der Waals surface area contributed by atoms with Gasteiger partial charge in [-0.2, -0.15) is 0 Å². The Balaban J connectivity index is 1.68. The summed E-state index contributed by atoms with van der Waals surface area (Å²) in [5.41, 5.74) is 0.859. The Morgan fingerprint density at radius 1 is 1.30 bits per heavy atom. The number of hydrogen-bond donors (Lipinski definition) is 1. The zero-order valence-corrected chi connectivity index (χ0v) is 13.9. The number of hydrogen-bond acceptors (Lipinski definition) is 3. The zero-order chi connectivity index (χ0) is 16.4. The lowest BCUT2D eigenvalue weighted by atomic mass is 10.2. The molecule has 2 heterocycles. The standard InChI is InChI=1S/C16H20FN3O2S/c1-18-6-8-19(9-7-18)14(21)10-20-15(22)11-23-16(20)12-2-4-13(17)5-3-12/h2-5,16H,6-11H2,1H3/p+1/t16-/m0/s1. The van der Waals surface area contributed by atoms with E-state index in [1.165, 1.54) is 28.8 Å². The van der Waals surface area contributed by atoms with Crippen LogP contribution in [-0.2, 0) is 9.59 Å². The lowest BCUT2D eigenvalue weighted by molar-refractivity contribution is -0.883. The molecule has 2 amide bonds. The minimum atomic E-state index is -0.300. The summed E-state index contributed by atoms with van der Waals surface area (Å²) in [6, 6.07) is 6.15. The van der Waals surface area contributed by atoms with Gasteiger partial charge in [0.05, 0.1) is 39.0 Å². The average molecular weight is 338 g/mol. The monoisotopic (exact) mass is 338 g/mol. The molecule has 0 aliphatic carbocycles. The highest BCUT2D eigenvalue weighted by Crippen LogP contribution is 2.38. The van der Waals surface area contributed by atoms with Gasteiger partial charge in [0.1, 0.15) is 17.7 Å². The number of carbonyl (C=O) groups excluding carboxylic acids is 2. The van der Waals surface area contributed by atoms with Crippen molar-refractivity contribution in [3.8, 4) is 0 Å². The highest BCUT2D eigenvalue weighted by atomic mass is 32.2. The van der Waals surface area contributed by atoms with E-state index in [1.54, 1.807) is 17.0 Å². The molecule has 2 aliphatic rings. The van der Waals surface area contributed by atoms with E-state index < -0.39 is 0 Å². The number of nitrogens with one attached hydrogen (secondary N) is 1. The van der Waals surface area contributed by atoms with Gasteiger partial charge in [-0.25, -0.2) is 4.39 Å². The van der Waals surface area contributed by atoms with Crippen molar-refractivity contribution >= 4 is 23.6 Å². The summed E-state index contributed by atoms with van der Waals surface area (Å²) in [4.78, 5) is 29.5. The minimum absolute atomic E-state index is 0.000427. The van der Waals surface area contributed by atoms with Gasteiger partial charge in [0.15, 0.2) is 0 Å². The van der Waals surface area contributed by atoms with Crippen LogP contribution in [0.3, 0.4) is 0 Å². The maximum Gasteiger partial charge on any atom is 0.242 e. The number of quaternary nitrogens is 1. The molecule has 0 aromatic heterocycles. The van der Waals surface area contributed by atoms with Crippen LogP contribution in [0.4, 0.5) is 4.39 Å². The molecular weight excluding hydrogens is 317 g/mol. The number of halogens is 1. The first kappa shape index (κ1) is 16.3. The minimum Gasteiger partial charge on any atom is -0.334 e. The smallest absolute Gasteiger partial charge is 0.242 e. The van der Waals surface area contributed by atoms with Gasteiger partial charge in [0.25, 0.3) is 0 Å². The summed E-state index contributed by atoms with van der Waals surface area (Å²) in [7, 11) is 2.12. The molecule has 0 saturated carbocycles. The second kappa shape index (κ2) is 6.88. The van der Waals surface area contributed by atoms with Gasteiger partial charge in [0, 0.05) is 0 Å². The van der Waals surface area contributed by atoms with Crippen molar-refractivity contribution in [3.05, 3.63) is 35.6 Å². The molecule has 0 bridgehead atoms. The van der Waals surface area contributed by atoms with Gasteiger partial charge in [-0.05, 0) is 17.7 Å². The normalized spacial score (nSPS) is 22.7. The lowest BCUT2D eigenvalue weighted by Gasteiger charge is -2.32. The Kier molecular flexibility index (Phi) is 4.87. The number of carbonyl (C=O) groups is 2. The van der Waals surface area contributed by atoms with Crippen LogP contribution in [0, 0.1) is 5.82 Å². The molecule has 2 saturated heterocycles. The maximum atomic E-state index is 13.1. The molecule has 0 spiro atoms. The van der Waals surface area contributed by atoms with E-state index in [1.807, 2.05) is 4.90 Å². The average Bonchev–Trinajstić information content (AvgIpc) is 2.90. The molecule has 0 unspecified atom stereocenters. The number of thioether (sulfide) groups is 1. The van der Waals surface area contributed by atoms with Crippen molar-refractivity contribution < 1.29 is 18.9 Å². The van der Waals surface area contributed by atoms with Gasteiger partial charge in [-0.1, -0.05) is 12.1 Å². The second-order valence-corrected chi connectivity index (χ2v) is 7.14. The molecule has 1 atom stereocenters. The number of amides is 2. The maximum absolute atomic E-state index is 13.1. The van der Waals surface area contributed by atoms with Crippen LogP contribution in [0.5, 0.6) is 0 Å². The predicted octanol–water partition coefficient (Wildman–Crippen LogP) is -0.243. The number of benzene rings is 1. The third kappa shape index (κ3) is 3.67. The van der Waals surface area contributed by atoms with Crippen LogP contribution in [0.25, 0.3) is 0 Å². The molecule has 23 heavy (non-hydrogen) atoms. The number of rotatable bonds is 3. The molecule has 5 nitrogen and oxygen atoms in total. The number of piperazine rings is 1. The summed E-state index contributed by atoms with van der Waals surface area (Å²) in [5, 5.41) is -0.204. The van der Waals surface area contributed by atoms with E-state index in [4.69, 9.17) is 0 Å². The molecule has 3 rings (SSSR count). The molecular formula is C16H21FN3O2S+. The first-order valence-electron chi connectivity index (χ1n) is 7.80. The SMILES string of the molecule is C[NH+]1CCN(C(=O)CN2C(=O)CS[C@H]2c2ccc(F)cc2)CC1. The van der Waals surface area contributed by atoms with Crippen LogP contribution in [-0.4, -0.2) is 67.1 Å². The highest BCUT2D eigenvalue weighted by molar-refractivity contribution is 8.00. The van der Waals surface area contributed by atoms with E-state index in [-0.39, 0.29) is 29.6 Å². The van der Waals surface area contributed by atoms with Crippen molar-refractivity contribution in [1.29, 1.82) is 0 Å². The molecule has 7 heteroatoms. The third-order valence-corrected chi connectivity index (χ3v) is 5.65. The molecule has 1 N–H and O–H groups in total. The Morgan fingerprint density at radius 3 is 2.61 bits per heavy atom. The fourth-order valence-electron chi connectivity index (χ4n) is 2.91. The largest absolute Gasteiger partial charge is 0.334 e. The zero-order valence-electron chi connectivity index (χ0n) is 13.1. The van der Waals surface area contributed by atoms with Crippen LogP contribution in [0.15, 0.2) is 24.3 Å². The Morgan fingerprint density at radius 2 is 1.96 bits per heavy atom. The topological polar surface area (TPSA) is 45.1 Å². The molecule has 2 fully saturated rings. The Labute approximate surface area is 139 Å². The van der Waals surface area contributed by atoms with Crippen LogP contribution < -0.4 is 4.90 Å². The van der Waals surface area contributed by atoms with E-state index in [0.717, 1.165) is 31.7 Å². The van der Waals surface area contributed by atoms with E-state index in [2.05, 4.69) is 7.05 Å². The first-order chi connectivity index (χ1) is 11.0. The predicted molar refractivity (Wildman–Crippen MR) is 86.5 cm³/mol. The van der Waals surface area contributed by atoms with Crippen LogP contribution in [0.2, 0.25) is 0 Å². The van der Waals surface area contributed by atoms with Crippen molar-refractivity contribution in [2.45, 2.75) is 5.37 Å². The first-order valence-corrected chi connectivity index (χ1v) is 8.85. The van der Waals surface area contributed by atoms with Gasteiger partial charge in [0.2, 0.25) is 11.8 Å². The van der Waals surface area contributed by atoms with Gasteiger partial charge < -0.3 is 14.7 Å². The number of nitrogens with zero attached hydrogens (tertiary/aromatic N) is 2. The highest BCUT2D eigenvalue weighted by Gasteiger charge is 2.35. The van der Waals surface area contributed by atoms with Crippen LogP contribution >= 0.6 is 11.8 Å². The van der Waals surface area contributed by atoms with Gasteiger partial charge in [-0.3, -0.25) is 9.59 Å². The van der Waals surface area contributed by atoms with E-state index >= 15 is 0 Å². The Bertz CT molecular complexity index is 587. The summed E-state index contributed by atoms with van der Waals surface area (Å²) in [5.74, 6) is 0.0332. The molecule has 0 radical (unpaired) electrons. The summed E-state index contributed by atoms with van der Waals surface area (Å²) >= 11 is 1.49. The molecule has 1 aromatic carbocycles. The Hall–Kier alpha value is -1.60. The van der Waals surface area contributed by atoms with Crippen molar-refractivity contribution in [3.63, 3.8) is 0 Å². The lowest BCUT2D eigenvalue weighted by Crippen LogP contribution is -3.12. The fraction of sp³-hybridized carbons (Fsp3) is 0.500. The van der Waals surface area contributed by atoms with E-state index in [0.29, 0.717) is 5.75 Å². The van der Waals surface area contributed by atoms with Crippen molar-refractivity contribution in [2.75, 3.05) is 45.5 Å². The van der Waals surface area contributed by atoms with Gasteiger partial charge >= 0.3 is 0 Å².